The fourth-order valence-corrected chi connectivity index (χ4v) is 9.09. The van der Waals surface area contributed by atoms with Gasteiger partial charge in [-0.05, 0) is 87.1 Å². The largest absolute Gasteiger partial charge is 0.389 e. The zero-order chi connectivity index (χ0) is 33.3. The van der Waals surface area contributed by atoms with Gasteiger partial charge in [-0.15, -0.1) is 0 Å². The summed E-state index contributed by atoms with van der Waals surface area (Å²) in [5.74, 6) is 0.660. The molecule has 0 radical (unpaired) electrons. The van der Waals surface area contributed by atoms with Crippen LogP contribution in [0, 0.1) is 17.3 Å². The summed E-state index contributed by atoms with van der Waals surface area (Å²) < 4.78 is 7.99. The van der Waals surface area contributed by atoms with E-state index in [0.717, 1.165) is 124 Å². The number of thiocarbonyl (C=S) groups is 1. The van der Waals surface area contributed by atoms with Gasteiger partial charge in [-0.25, -0.2) is 0 Å². The standard InChI is InChI=1S/C38H48ClN5O3S/c39-33-28(8-9-31-32(26-6-3-7-27(20-26)35(40)48)24-44(34(31)33)30-10-18-47-19-11-30)23-42-37(46)29-21-38(22-29)12-15-43(16-13-38)17-14-41-36(45)25-4-1-2-5-25/h3,6-9,20,24-25,29-30H,1-2,4-5,10-19,21-23H2,(H2,40,48)(H,41,45)(H,42,46). The van der Waals surface area contributed by atoms with Crippen LogP contribution in [0.5, 0.6) is 0 Å². The van der Waals surface area contributed by atoms with E-state index in [9.17, 15) is 9.59 Å². The lowest BCUT2D eigenvalue weighted by atomic mass is 9.57. The van der Waals surface area contributed by atoms with Crippen LogP contribution < -0.4 is 16.4 Å². The quantitative estimate of drug-likeness (QED) is 0.214. The first kappa shape index (κ1) is 33.5. The minimum absolute atomic E-state index is 0.0587. The molecule has 10 heteroatoms. The number of nitrogens with zero attached hydrogens (tertiary/aromatic N) is 2. The molecule has 0 bridgehead atoms. The lowest BCUT2D eigenvalue weighted by molar-refractivity contribution is -0.135. The van der Waals surface area contributed by atoms with E-state index in [2.05, 4.69) is 38.4 Å². The number of ether oxygens (including phenoxy) is 1. The maximum atomic E-state index is 13.3. The van der Waals surface area contributed by atoms with E-state index < -0.39 is 0 Å². The Labute approximate surface area is 294 Å². The van der Waals surface area contributed by atoms with Gasteiger partial charge in [-0.3, -0.25) is 9.59 Å². The van der Waals surface area contributed by atoms with Crippen LogP contribution in [0.15, 0.2) is 42.6 Å². The molecule has 2 aliphatic heterocycles. The highest BCUT2D eigenvalue weighted by atomic mass is 35.5. The van der Waals surface area contributed by atoms with Gasteiger partial charge in [0.1, 0.15) is 4.99 Å². The molecule has 3 heterocycles. The Bertz CT molecular complexity index is 1660. The fourth-order valence-electron chi connectivity index (χ4n) is 8.63. The van der Waals surface area contributed by atoms with Crippen molar-refractivity contribution in [3.05, 3.63) is 58.7 Å². The molecule has 4 fully saturated rings. The molecule has 2 saturated carbocycles. The number of carbonyl (C=O) groups is 2. The number of rotatable bonds is 10. The van der Waals surface area contributed by atoms with E-state index in [1.165, 1.54) is 12.8 Å². The summed E-state index contributed by atoms with van der Waals surface area (Å²) in [6.45, 7) is 5.59. The maximum Gasteiger partial charge on any atom is 0.223 e. The SMILES string of the molecule is NC(=S)c1cccc(-c2cn(C3CCOCC3)c3c(Cl)c(CNC(=O)C4CC5(CCN(CCNC(=O)C6CCCC6)CC5)C4)ccc23)c1. The van der Waals surface area contributed by atoms with Gasteiger partial charge in [-0.1, -0.05) is 67.0 Å². The molecule has 0 atom stereocenters. The van der Waals surface area contributed by atoms with Crippen LogP contribution in [0.1, 0.15) is 81.4 Å². The number of benzene rings is 2. The van der Waals surface area contributed by atoms with Gasteiger partial charge in [0.15, 0.2) is 0 Å². The van der Waals surface area contributed by atoms with Crippen molar-refractivity contribution >= 4 is 51.5 Å². The monoisotopic (exact) mass is 689 g/mol. The van der Waals surface area contributed by atoms with E-state index >= 15 is 0 Å². The first-order chi connectivity index (χ1) is 23.3. The van der Waals surface area contributed by atoms with Crippen molar-refractivity contribution in [1.29, 1.82) is 0 Å². The number of amides is 2. The number of nitrogens with two attached hydrogens (primary N) is 1. The predicted octanol–water partition coefficient (Wildman–Crippen LogP) is 6.36. The Morgan fingerprint density at radius 2 is 1.71 bits per heavy atom. The Hall–Kier alpha value is -2.98. The van der Waals surface area contributed by atoms with Crippen LogP contribution in [0.25, 0.3) is 22.0 Å². The van der Waals surface area contributed by atoms with E-state index in [4.69, 9.17) is 34.3 Å². The molecule has 4 N–H and O–H groups in total. The third kappa shape index (κ3) is 7.02. The van der Waals surface area contributed by atoms with Crippen molar-refractivity contribution in [3.8, 4) is 11.1 Å². The van der Waals surface area contributed by atoms with Crippen LogP contribution in [0.3, 0.4) is 0 Å². The van der Waals surface area contributed by atoms with Gasteiger partial charge < -0.3 is 30.6 Å². The molecule has 2 saturated heterocycles. The number of piperidine rings is 1. The third-order valence-electron chi connectivity index (χ3n) is 11.6. The first-order valence-corrected chi connectivity index (χ1v) is 18.7. The predicted molar refractivity (Wildman–Crippen MR) is 195 cm³/mol. The van der Waals surface area contributed by atoms with Crippen LogP contribution in [-0.2, 0) is 20.9 Å². The van der Waals surface area contributed by atoms with Gasteiger partial charge in [0.05, 0.1) is 10.5 Å². The second kappa shape index (κ2) is 14.5. The summed E-state index contributed by atoms with van der Waals surface area (Å²) in [6, 6.07) is 12.5. The average Bonchev–Trinajstić information content (AvgIpc) is 3.77. The lowest BCUT2D eigenvalue weighted by Gasteiger charge is -2.51. The van der Waals surface area contributed by atoms with E-state index in [1.807, 2.05) is 24.3 Å². The fraction of sp³-hybridized carbons (Fsp3) is 0.553. The van der Waals surface area contributed by atoms with Gasteiger partial charge in [0.2, 0.25) is 11.8 Å². The van der Waals surface area contributed by atoms with Crippen LogP contribution >= 0.6 is 23.8 Å². The van der Waals surface area contributed by atoms with Crippen molar-refractivity contribution in [3.63, 3.8) is 0 Å². The van der Waals surface area contributed by atoms with Crippen LogP contribution in [-0.4, -0.2) is 65.7 Å². The number of likely N-dealkylation sites (tertiary alicyclic amines) is 1. The average molecular weight is 690 g/mol. The van der Waals surface area contributed by atoms with Crippen molar-refractivity contribution in [2.45, 2.75) is 76.8 Å². The number of aromatic nitrogens is 1. The molecule has 48 heavy (non-hydrogen) atoms. The molecule has 2 amide bonds. The Kier molecular flexibility index (Phi) is 10.1. The third-order valence-corrected chi connectivity index (χ3v) is 12.3. The molecule has 4 aliphatic rings. The highest BCUT2D eigenvalue weighted by molar-refractivity contribution is 7.80. The molecule has 3 aromatic rings. The molecule has 2 aromatic carbocycles. The van der Waals surface area contributed by atoms with Crippen LogP contribution in [0.2, 0.25) is 5.02 Å². The topological polar surface area (TPSA) is 102 Å². The Morgan fingerprint density at radius 1 is 0.979 bits per heavy atom. The number of halogens is 1. The minimum Gasteiger partial charge on any atom is -0.389 e. The molecule has 0 unspecified atom stereocenters. The second-order valence-corrected chi connectivity index (χ2v) is 15.4. The van der Waals surface area contributed by atoms with Crippen molar-refractivity contribution in [1.82, 2.24) is 20.1 Å². The number of hydrogen-bond donors (Lipinski definition) is 3. The first-order valence-electron chi connectivity index (χ1n) is 17.9. The number of hydrogen-bond acceptors (Lipinski definition) is 5. The number of nitrogens with one attached hydrogen (secondary N) is 2. The van der Waals surface area contributed by atoms with Crippen molar-refractivity contribution in [2.24, 2.45) is 23.0 Å². The summed E-state index contributed by atoms with van der Waals surface area (Å²) in [5.41, 5.74) is 11.1. The van der Waals surface area contributed by atoms with Crippen molar-refractivity contribution in [2.75, 3.05) is 39.4 Å². The second-order valence-electron chi connectivity index (χ2n) is 14.6. The zero-order valence-electron chi connectivity index (χ0n) is 27.8. The molecule has 8 nitrogen and oxygen atoms in total. The summed E-state index contributed by atoms with van der Waals surface area (Å²) in [5, 5.41) is 8.15. The molecule has 7 rings (SSSR count). The molecule has 1 spiro atoms. The van der Waals surface area contributed by atoms with Crippen molar-refractivity contribution < 1.29 is 14.3 Å². The summed E-state index contributed by atoms with van der Waals surface area (Å²) in [4.78, 5) is 28.5. The molecular formula is C38H48ClN5O3S. The maximum absolute atomic E-state index is 13.3. The summed E-state index contributed by atoms with van der Waals surface area (Å²) in [7, 11) is 0. The van der Waals surface area contributed by atoms with Crippen LogP contribution in [0.4, 0.5) is 0 Å². The van der Waals surface area contributed by atoms with Gasteiger partial charge in [0, 0.05) is 73.4 Å². The normalized spacial score (nSPS) is 20.6. The highest BCUT2D eigenvalue weighted by Crippen LogP contribution is 2.52. The molecule has 256 valence electrons. The van der Waals surface area contributed by atoms with E-state index in [1.54, 1.807) is 0 Å². The van der Waals surface area contributed by atoms with E-state index in [-0.39, 0.29) is 35.1 Å². The lowest BCUT2D eigenvalue weighted by Crippen LogP contribution is -2.51. The Morgan fingerprint density at radius 3 is 2.44 bits per heavy atom. The molecule has 2 aliphatic carbocycles. The van der Waals surface area contributed by atoms with Gasteiger partial charge in [0.25, 0.3) is 0 Å². The Balaban J connectivity index is 0.963. The zero-order valence-corrected chi connectivity index (χ0v) is 29.3. The molecular weight excluding hydrogens is 642 g/mol. The summed E-state index contributed by atoms with van der Waals surface area (Å²) in [6.07, 6.45) is 12.7. The van der Waals surface area contributed by atoms with Gasteiger partial charge in [-0.2, -0.15) is 0 Å². The van der Waals surface area contributed by atoms with E-state index in [0.29, 0.717) is 16.6 Å². The minimum atomic E-state index is 0.0587. The van der Waals surface area contributed by atoms with Gasteiger partial charge >= 0.3 is 0 Å². The number of fused-ring (bicyclic) bond motifs is 1. The molecule has 1 aromatic heterocycles. The highest BCUT2D eigenvalue weighted by Gasteiger charge is 2.48. The number of carbonyl (C=O) groups excluding carboxylic acids is 2. The summed E-state index contributed by atoms with van der Waals surface area (Å²) >= 11 is 12.5. The smallest absolute Gasteiger partial charge is 0.223 e.